The van der Waals surface area contributed by atoms with Crippen molar-refractivity contribution >= 4 is 17.2 Å². The number of hydrogen-bond donors (Lipinski definition) is 1. The van der Waals surface area contributed by atoms with Gasteiger partial charge in [-0.25, -0.2) is 0 Å². The lowest BCUT2D eigenvalue weighted by molar-refractivity contribution is -0.121. The van der Waals surface area contributed by atoms with Gasteiger partial charge in [-0.15, -0.1) is 11.3 Å². The third-order valence-corrected chi connectivity index (χ3v) is 3.37. The summed E-state index contributed by atoms with van der Waals surface area (Å²) < 4.78 is 1.80. The van der Waals surface area contributed by atoms with Crippen LogP contribution < -0.4 is 5.32 Å². The highest BCUT2D eigenvalue weighted by Gasteiger charge is 2.10. The van der Waals surface area contributed by atoms with Crippen molar-refractivity contribution in [1.29, 1.82) is 0 Å². The molecule has 0 aliphatic rings. The second-order valence-electron chi connectivity index (χ2n) is 3.90. The Morgan fingerprint density at radius 3 is 3.12 bits per heavy atom. The number of rotatable bonds is 5. The van der Waals surface area contributed by atoms with Crippen LogP contribution in [0.5, 0.6) is 0 Å². The van der Waals surface area contributed by atoms with E-state index in [-0.39, 0.29) is 11.9 Å². The van der Waals surface area contributed by atoms with E-state index < -0.39 is 0 Å². The Morgan fingerprint density at radius 2 is 2.47 bits per heavy atom. The van der Waals surface area contributed by atoms with Gasteiger partial charge in [0.2, 0.25) is 5.91 Å². The van der Waals surface area contributed by atoms with Crippen LogP contribution in [0.2, 0.25) is 0 Å². The summed E-state index contributed by atoms with van der Waals surface area (Å²) in [6.45, 7) is 2.60. The van der Waals surface area contributed by atoms with Gasteiger partial charge in [0.25, 0.3) is 0 Å². The number of carbonyl (C=O) groups is 1. The first-order valence-corrected chi connectivity index (χ1v) is 6.42. The van der Waals surface area contributed by atoms with E-state index in [4.69, 9.17) is 0 Å². The first-order chi connectivity index (χ1) is 8.25. The summed E-state index contributed by atoms with van der Waals surface area (Å²) in [5.41, 5.74) is 0. The monoisotopic (exact) mass is 249 g/mol. The molecule has 0 bridgehead atoms. The van der Waals surface area contributed by atoms with Crippen LogP contribution in [0.15, 0.2) is 36.0 Å². The van der Waals surface area contributed by atoms with Gasteiger partial charge in [-0.1, -0.05) is 6.07 Å². The molecule has 5 heteroatoms. The highest BCUT2D eigenvalue weighted by molar-refractivity contribution is 7.09. The number of aromatic nitrogens is 2. The van der Waals surface area contributed by atoms with Crippen LogP contribution in [0.3, 0.4) is 0 Å². The quantitative estimate of drug-likeness (QED) is 0.883. The Morgan fingerprint density at radius 1 is 1.59 bits per heavy atom. The fourth-order valence-corrected chi connectivity index (χ4v) is 2.22. The third-order valence-electron chi connectivity index (χ3n) is 2.50. The van der Waals surface area contributed by atoms with Gasteiger partial charge in [-0.05, 0) is 24.4 Å². The number of hydrogen-bond acceptors (Lipinski definition) is 3. The molecule has 1 N–H and O–H groups in total. The van der Waals surface area contributed by atoms with Crippen molar-refractivity contribution in [2.24, 2.45) is 0 Å². The Kier molecular flexibility index (Phi) is 3.93. The number of nitrogens with one attached hydrogen (secondary N) is 1. The summed E-state index contributed by atoms with van der Waals surface area (Å²) in [5.74, 6) is 0.0569. The molecule has 0 aliphatic heterocycles. The Balaban J connectivity index is 1.77. The van der Waals surface area contributed by atoms with Crippen molar-refractivity contribution in [3.63, 3.8) is 0 Å². The maximum absolute atomic E-state index is 11.7. The van der Waals surface area contributed by atoms with Crippen LogP contribution in [0.4, 0.5) is 0 Å². The highest BCUT2D eigenvalue weighted by atomic mass is 32.1. The van der Waals surface area contributed by atoms with E-state index in [2.05, 4.69) is 10.4 Å². The molecule has 0 aliphatic carbocycles. The van der Waals surface area contributed by atoms with E-state index >= 15 is 0 Å². The van der Waals surface area contributed by atoms with Crippen LogP contribution in [-0.4, -0.2) is 15.7 Å². The SMILES string of the molecule is C[C@H](CC(=O)NCc1cccs1)n1cccn1. The maximum atomic E-state index is 11.7. The minimum Gasteiger partial charge on any atom is -0.351 e. The molecule has 0 saturated heterocycles. The van der Waals surface area contributed by atoms with Gasteiger partial charge in [0.1, 0.15) is 0 Å². The molecule has 0 spiro atoms. The fourth-order valence-electron chi connectivity index (χ4n) is 1.57. The largest absolute Gasteiger partial charge is 0.351 e. The van der Waals surface area contributed by atoms with Crippen LogP contribution in [0.1, 0.15) is 24.3 Å². The second kappa shape index (κ2) is 5.63. The average molecular weight is 249 g/mol. The van der Waals surface area contributed by atoms with E-state index in [0.29, 0.717) is 13.0 Å². The zero-order valence-electron chi connectivity index (χ0n) is 9.67. The molecule has 2 heterocycles. The highest BCUT2D eigenvalue weighted by Crippen LogP contribution is 2.10. The topological polar surface area (TPSA) is 46.9 Å². The maximum Gasteiger partial charge on any atom is 0.222 e. The molecule has 4 nitrogen and oxygen atoms in total. The molecule has 2 rings (SSSR count). The van der Waals surface area contributed by atoms with E-state index in [0.717, 1.165) is 0 Å². The van der Waals surface area contributed by atoms with Gasteiger partial charge in [0.05, 0.1) is 12.6 Å². The first kappa shape index (κ1) is 11.9. The molecule has 2 aromatic rings. The average Bonchev–Trinajstić information content (AvgIpc) is 2.99. The molecule has 2 aromatic heterocycles. The standard InChI is InChI=1S/C12H15N3OS/c1-10(15-6-3-5-14-15)8-12(16)13-9-11-4-2-7-17-11/h2-7,10H,8-9H2,1H3,(H,13,16)/t10-/m1/s1. The lowest BCUT2D eigenvalue weighted by Gasteiger charge is -2.11. The van der Waals surface area contributed by atoms with E-state index in [1.807, 2.05) is 36.7 Å². The zero-order chi connectivity index (χ0) is 12.1. The van der Waals surface area contributed by atoms with Gasteiger partial charge in [0, 0.05) is 23.7 Å². The molecular weight excluding hydrogens is 234 g/mol. The summed E-state index contributed by atoms with van der Waals surface area (Å²) in [4.78, 5) is 12.9. The predicted molar refractivity (Wildman–Crippen MR) is 67.7 cm³/mol. The molecule has 0 unspecified atom stereocenters. The van der Waals surface area contributed by atoms with Crippen LogP contribution >= 0.6 is 11.3 Å². The van der Waals surface area contributed by atoms with Crippen molar-refractivity contribution in [2.75, 3.05) is 0 Å². The Bertz CT molecular complexity index is 450. The number of thiophene rings is 1. The molecular formula is C12H15N3OS. The molecule has 90 valence electrons. The summed E-state index contributed by atoms with van der Waals surface area (Å²) in [7, 11) is 0. The zero-order valence-corrected chi connectivity index (χ0v) is 10.5. The lowest BCUT2D eigenvalue weighted by atomic mass is 10.2. The van der Waals surface area contributed by atoms with Crippen molar-refractivity contribution in [2.45, 2.75) is 25.9 Å². The second-order valence-corrected chi connectivity index (χ2v) is 4.93. The molecule has 0 fully saturated rings. The molecule has 0 aromatic carbocycles. The Hall–Kier alpha value is -1.62. The van der Waals surface area contributed by atoms with Crippen LogP contribution in [0, 0.1) is 0 Å². The van der Waals surface area contributed by atoms with Crippen molar-refractivity contribution < 1.29 is 4.79 Å². The summed E-state index contributed by atoms with van der Waals surface area (Å²) in [6.07, 6.45) is 4.05. The van der Waals surface area contributed by atoms with Crippen LogP contribution in [0.25, 0.3) is 0 Å². The van der Waals surface area contributed by atoms with Gasteiger partial charge in [-0.2, -0.15) is 5.10 Å². The number of carbonyl (C=O) groups excluding carboxylic acids is 1. The van der Waals surface area contributed by atoms with E-state index in [1.54, 1.807) is 22.2 Å². The predicted octanol–water partition coefficient (Wildman–Crippen LogP) is 2.21. The minimum atomic E-state index is 0.0569. The summed E-state index contributed by atoms with van der Waals surface area (Å²) in [5, 5.41) is 9.03. The molecule has 0 radical (unpaired) electrons. The smallest absolute Gasteiger partial charge is 0.222 e. The lowest BCUT2D eigenvalue weighted by Crippen LogP contribution is -2.25. The molecule has 0 saturated carbocycles. The first-order valence-electron chi connectivity index (χ1n) is 5.54. The number of nitrogens with zero attached hydrogens (tertiary/aromatic N) is 2. The third kappa shape index (κ3) is 3.42. The number of amides is 1. The van der Waals surface area contributed by atoms with E-state index in [9.17, 15) is 4.79 Å². The molecule has 17 heavy (non-hydrogen) atoms. The fraction of sp³-hybridized carbons (Fsp3) is 0.333. The Labute approximate surface area is 104 Å². The normalized spacial score (nSPS) is 12.3. The summed E-state index contributed by atoms with van der Waals surface area (Å²) in [6, 6.07) is 5.95. The van der Waals surface area contributed by atoms with Gasteiger partial charge >= 0.3 is 0 Å². The summed E-state index contributed by atoms with van der Waals surface area (Å²) >= 11 is 1.65. The van der Waals surface area contributed by atoms with Crippen molar-refractivity contribution in [3.8, 4) is 0 Å². The van der Waals surface area contributed by atoms with Crippen molar-refractivity contribution in [1.82, 2.24) is 15.1 Å². The van der Waals surface area contributed by atoms with E-state index in [1.165, 1.54) is 4.88 Å². The molecule has 1 atom stereocenters. The van der Waals surface area contributed by atoms with Gasteiger partial charge in [0.15, 0.2) is 0 Å². The molecule has 1 amide bonds. The van der Waals surface area contributed by atoms with Crippen molar-refractivity contribution in [3.05, 3.63) is 40.8 Å². The van der Waals surface area contributed by atoms with Gasteiger partial charge in [-0.3, -0.25) is 9.48 Å². The minimum absolute atomic E-state index is 0.0569. The van der Waals surface area contributed by atoms with Crippen LogP contribution in [-0.2, 0) is 11.3 Å². The van der Waals surface area contributed by atoms with Gasteiger partial charge < -0.3 is 5.32 Å².